The van der Waals surface area contributed by atoms with E-state index in [1.54, 1.807) is 0 Å². The van der Waals surface area contributed by atoms with Crippen molar-refractivity contribution < 1.29 is 28.6 Å². The van der Waals surface area contributed by atoms with Crippen LogP contribution in [0.15, 0.2) is 12.2 Å². The Bertz CT molecular complexity index is 885. The smallest absolute Gasteiger partial charge is 0.306 e. The van der Waals surface area contributed by atoms with Gasteiger partial charge in [0.2, 0.25) is 0 Å². The summed E-state index contributed by atoms with van der Waals surface area (Å²) in [5.41, 5.74) is 0. The number of allylic oxidation sites excluding steroid dienone is 2. The largest absolute Gasteiger partial charge is 0.462 e. The molecule has 0 amide bonds. The molecule has 0 aliphatic heterocycles. The summed E-state index contributed by atoms with van der Waals surface area (Å²) in [6, 6.07) is 0. The maximum Gasteiger partial charge on any atom is 0.306 e. The molecule has 0 aromatic rings. The lowest BCUT2D eigenvalue weighted by Crippen LogP contribution is -2.30. The van der Waals surface area contributed by atoms with Crippen molar-refractivity contribution in [2.45, 2.75) is 284 Å². The molecule has 6 heteroatoms. The zero-order valence-electron chi connectivity index (χ0n) is 38.4. The van der Waals surface area contributed by atoms with Gasteiger partial charge in [-0.1, -0.05) is 226 Å². The minimum Gasteiger partial charge on any atom is -0.462 e. The van der Waals surface area contributed by atoms with Gasteiger partial charge in [-0.25, -0.2) is 0 Å². The number of esters is 3. The van der Waals surface area contributed by atoms with Crippen molar-refractivity contribution in [3.63, 3.8) is 0 Å². The number of rotatable bonds is 46. The van der Waals surface area contributed by atoms with E-state index in [-0.39, 0.29) is 31.1 Å². The fourth-order valence-electron chi connectivity index (χ4n) is 7.44. The number of carbonyl (C=O) groups is 3. The van der Waals surface area contributed by atoms with Crippen LogP contribution in [0.5, 0.6) is 0 Å². The second-order valence-corrected chi connectivity index (χ2v) is 17.1. The van der Waals surface area contributed by atoms with Crippen LogP contribution < -0.4 is 0 Å². The summed E-state index contributed by atoms with van der Waals surface area (Å²) >= 11 is 0. The van der Waals surface area contributed by atoms with Gasteiger partial charge in [0.1, 0.15) is 13.2 Å². The van der Waals surface area contributed by atoms with Crippen molar-refractivity contribution in [3.05, 3.63) is 12.2 Å². The first-order valence-electron chi connectivity index (χ1n) is 25.2. The molecule has 0 aromatic carbocycles. The average molecular weight is 805 g/mol. The van der Waals surface area contributed by atoms with Gasteiger partial charge in [-0.05, 0) is 44.9 Å². The summed E-state index contributed by atoms with van der Waals surface area (Å²) < 4.78 is 16.8. The van der Waals surface area contributed by atoms with Crippen molar-refractivity contribution in [3.8, 4) is 0 Å². The molecule has 0 radical (unpaired) electrons. The Hall–Kier alpha value is -1.85. The lowest BCUT2D eigenvalue weighted by atomic mass is 10.0. The van der Waals surface area contributed by atoms with Crippen LogP contribution in [-0.2, 0) is 28.6 Å². The minimum absolute atomic E-state index is 0.0684. The van der Waals surface area contributed by atoms with Crippen molar-refractivity contribution >= 4 is 17.9 Å². The fraction of sp³-hybridized carbons (Fsp3) is 0.902. The Kier molecular flexibility index (Phi) is 45.3. The molecule has 57 heavy (non-hydrogen) atoms. The third-order valence-corrected chi connectivity index (χ3v) is 11.3. The Morgan fingerprint density at radius 3 is 0.895 bits per heavy atom. The molecule has 336 valence electrons. The molecule has 0 saturated heterocycles. The van der Waals surface area contributed by atoms with Gasteiger partial charge < -0.3 is 14.2 Å². The van der Waals surface area contributed by atoms with E-state index in [0.29, 0.717) is 19.3 Å². The summed E-state index contributed by atoms with van der Waals surface area (Å²) in [5, 5.41) is 0. The van der Waals surface area contributed by atoms with E-state index in [9.17, 15) is 14.4 Å². The Morgan fingerprint density at radius 2 is 0.579 bits per heavy atom. The summed E-state index contributed by atoms with van der Waals surface area (Å²) in [4.78, 5) is 37.8. The maximum atomic E-state index is 12.7. The van der Waals surface area contributed by atoms with E-state index >= 15 is 0 Å². The van der Waals surface area contributed by atoms with Crippen LogP contribution in [0.2, 0.25) is 0 Å². The summed E-state index contributed by atoms with van der Waals surface area (Å²) in [5.74, 6) is -0.864. The highest BCUT2D eigenvalue weighted by molar-refractivity contribution is 5.71. The molecule has 0 rings (SSSR count). The third-order valence-electron chi connectivity index (χ3n) is 11.3. The molecule has 0 spiro atoms. The minimum atomic E-state index is -0.766. The first-order chi connectivity index (χ1) is 28.0. The van der Waals surface area contributed by atoms with Crippen LogP contribution >= 0.6 is 0 Å². The Labute approximate surface area is 354 Å². The number of hydrogen-bond donors (Lipinski definition) is 0. The maximum absolute atomic E-state index is 12.7. The molecular weight excluding hydrogens is 709 g/mol. The molecule has 0 N–H and O–H groups in total. The van der Waals surface area contributed by atoms with Crippen LogP contribution in [0, 0.1) is 0 Å². The van der Waals surface area contributed by atoms with E-state index in [2.05, 4.69) is 32.9 Å². The van der Waals surface area contributed by atoms with Gasteiger partial charge in [0, 0.05) is 19.3 Å². The van der Waals surface area contributed by atoms with Crippen LogP contribution in [0.3, 0.4) is 0 Å². The Balaban J connectivity index is 4.30. The van der Waals surface area contributed by atoms with Crippen molar-refractivity contribution in [2.75, 3.05) is 13.2 Å². The summed E-state index contributed by atoms with van der Waals surface area (Å²) in [6.45, 7) is 6.63. The first-order valence-corrected chi connectivity index (χ1v) is 25.2. The molecule has 0 bridgehead atoms. The van der Waals surface area contributed by atoms with E-state index in [0.717, 1.165) is 64.2 Å². The molecule has 0 saturated carbocycles. The molecule has 0 aliphatic rings. The zero-order valence-corrected chi connectivity index (χ0v) is 38.4. The third kappa shape index (κ3) is 45.1. The average Bonchev–Trinajstić information content (AvgIpc) is 3.21. The second-order valence-electron chi connectivity index (χ2n) is 17.1. The fourth-order valence-corrected chi connectivity index (χ4v) is 7.44. The zero-order chi connectivity index (χ0) is 41.5. The van der Waals surface area contributed by atoms with Gasteiger partial charge in [0.15, 0.2) is 6.10 Å². The normalized spacial score (nSPS) is 12.0. The number of unbranched alkanes of at least 4 members (excludes halogenated alkanes) is 33. The molecule has 0 heterocycles. The summed E-state index contributed by atoms with van der Waals surface area (Å²) in [6.07, 6.45) is 50.5. The topological polar surface area (TPSA) is 78.9 Å². The highest BCUT2D eigenvalue weighted by Crippen LogP contribution is 2.16. The molecule has 0 aromatic heterocycles. The van der Waals surface area contributed by atoms with E-state index in [1.807, 2.05) is 0 Å². The SMILES string of the molecule is CCCCCC/C=C\CCCCCCCC(=O)OC(COC(=O)CCCCCCCCCCCC)COC(=O)CCCCCCCCCCCCCCCCCC. The molecule has 0 fully saturated rings. The van der Waals surface area contributed by atoms with Gasteiger partial charge >= 0.3 is 17.9 Å². The summed E-state index contributed by atoms with van der Waals surface area (Å²) in [7, 11) is 0. The van der Waals surface area contributed by atoms with Crippen LogP contribution in [-0.4, -0.2) is 37.2 Å². The Morgan fingerprint density at radius 1 is 0.333 bits per heavy atom. The first kappa shape index (κ1) is 55.2. The number of carbonyl (C=O) groups excluding carboxylic acids is 3. The number of ether oxygens (including phenoxy) is 3. The molecule has 0 aliphatic carbocycles. The van der Waals surface area contributed by atoms with Crippen molar-refractivity contribution in [1.82, 2.24) is 0 Å². The molecule has 6 nitrogen and oxygen atoms in total. The van der Waals surface area contributed by atoms with Gasteiger partial charge in [-0.3, -0.25) is 14.4 Å². The lowest BCUT2D eigenvalue weighted by Gasteiger charge is -2.18. The highest BCUT2D eigenvalue weighted by Gasteiger charge is 2.19. The van der Waals surface area contributed by atoms with Crippen LogP contribution in [0.4, 0.5) is 0 Å². The lowest BCUT2D eigenvalue weighted by molar-refractivity contribution is -0.167. The van der Waals surface area contributed by atoms with E-state index in [4.69, 9.17) is 14.2 Å². The highest BCUT2D eigenvalue weighted by atomic mass is 16.6. The van der Waals surface area contributed by atoms with E-state index < -0.39 is 6.10 Å². The predicted molar refractivity (Wildman–Crippen MR) is 243 cm³/mol. The standard InChI is InChI=1S/C51H96O6/c1-4-7-10-13-16-19-22-24-25-26-28-29-32-35-38-41-44-50(53)56-47-48(46-55-49(52)43-40-37-34-31-21-18-15-12-9-6-3)57-51(54)45-42-39-36-33-30-27-23-20-17-14-11-8-5-2/h20,23,48H,4-19,21-22,24-47H2,1-3H3/b23-20-. The van der Waals surface area contributed by atoms with Gasteiger partial charge in [0.05, 0.1) is 0 Å². The predicted octanol–water partition coefficient (Wildman–Crippen LogP) is 16.2. The quantitative estimate of drug-likeness (QED) is 0.0264. The second kappa shape index (κ2) is 46.8. The van der Waals surface area contributed by atoms with Gasteiger partial charge in [-0.2, -0.15) is 0 Å². The van der Waals surface area contributed by atoms with Crippen LogP contribution in [0.25, 0.3) is 0 Å². The van der Waals surface area contributed by atoms with Crippen LogP contribution in [0.1, 0.15) is 278 Å². The van der Waals surface area contributed by atoms with Crippen molar-refractivity contribution in [2.24, 2.45) is 0 Å². The molecular formula is C51H96O6. The van der Waals surface area contributed by atoms with Gasteiger partial charge in [-0.15, -0.1) is 0 Å². The van der Waals surface area contributed by atoms with E-state index in [1.165, 1.54) is 173 Å². The monoisotopic (exact) mass is 805 g/mol. The van der Waals surface area contributed by atoms with Crippen molar-refractivity contribution in [1.29, 1.82) is 0 Å². The molecule has 1 atom stereocenters. The van der Waals surface area contributed by atoms with Gasteiger partial charge in [0.25, 0.3) is 0 Å². The molecule has 1 unspecified atom stereocenters. The number of hydrogen-bond acceptors (Lipinski definition) is 6.